The van der Waals surface area contributed by atoms with Crippen LogP contribution in [0.1, 0.15) is 32.6 Å². The Balaban J connectivity index is 1.67. The Labute approximate surface area is 164 Å². The molecule has 0 atom stereocenters. The molecule has 0 saturated carbocycles. The lowest BCUT2D eigenvalue weighted by Gasteiger charge is -2.11. The van der Waals surface area contributed by atoms with E-state index in [1.165, 1.54) is 0 Å². The monoisotopic (exact) mass is 370 g/mol. The number of hydrogen-bond acceptors (Lipinski definition) is 3. The molecule has 1 aromatic heterocycles. The van der Waals surface area contributed by atoms with E-state index < -0.39 is 0 Å². The van der Waals surface area contributed by atoms with Crippen molar-refractivity contribution in [2.75, 3.05) is 5.32 Å². The van der Waals surface area contributed by atoms with E-state index >= 15 is 0 Å². The van der Waals surface area contributed by atoms with Gasteiger partial charge in [-0.05, 0) is 75.2 Å². The highest BCUT2D eigenvalue weighted by molar-refractivity contribution is 6.05. The Kier molecular flexibility index (Phi) is 4.47. The van der Waals surface area contributed by atoms with E-state index in [-0.39, 0.29) is 5.91 Å². The summed E-state index contributed by atoms with van der Waals surface area (Å²) in [5.74, 6) is 0.419. The zero-order chi connectivity index (χ0) is 19.8. The number of rotatable bonds is 3. The second-order valence-corrected chi connectivity index (χ2v) is 7.35. The lowest BCUT2D eigenvalue weighted by Crippen LogP contribution is -2.13. The number of nitrogens with zero attached hydrogens (tertiary/aromatic N) is 1. The van der Waals surface area contributed by atoms with E-state index in [0.29, 0.717) is 11.5 Å². The van der Waals surface area contributed by atoms with Crippen molar-refractivity contribution in [3.63, 3.8) is 0 Å². The van der Waals surface area contributed by atoms with E-state index in [9.17, 15) is 4.79 Å². The van der Waals surface area contributed by atoms with Crippen LogP contribution in [0.25, 0.3) is 22.6 Å². The molecule has 0 saturated heterocycles. The standard InChI is InChI=1S/C24H22N2O2/c1-14-5-8-22-21(12-14)26-24(28-22)18-7-6-17(4)20(13-18)25-23(27)19-10-15(2)9-16(3)11-19/h5-13H,1-4H3,(H,25,27). The molecule has 0 aliphatic heterocycles. The van der Waals surface area contributed by atoms with Gasteiger partial charge in [-0.15, -0.1) is 0 Å². The fraction of sp³-hybridized carbons (Fsp3) is 0.167. The molecule has 1 N–H and O–H groups in total. The molecule has 4 nitrogen and oxygen atoms in total. The number of aromatic nitrogens is 1. The molecule has 0 unspecified atom stereocenters. The summed E-state index contributed by atoms with van der Waals surface area (Å²) in [5, 5.41) is 3.03. The van der Waals surface area contributed by atoms with Crippen LogP contribution in [0.4, 0.5) is 5.69 Å². The van der Waals surface area contributed by atoms with Gasteiger partial charge in [0.25, 0.3) is 5.91 Å². The van der Waals surface area contributed by atoms with E-state index in [1.807, 2.05) is 76.2 Å². The van der Waals surface area contributed by atoms with Crippen LogP contribution < -0.4 is 5.32 Å². The average molecular weight is 370 g/mol. The maximum Gasteiger partial charge on any atom is 0.255 e. The molecule has 0 bridgehead atoms. The van der Waals surface area contributed by atoms with Crippen LogP contribution in [0, 0.1) is 27.7 Å². The van der Waals surface area contributed by atoms with Gasteiger partial charge >= 0.3 is 0 Å². The molecule has 0 aliphatic rings. The molecule has 1 amide bonds. The normalized spacial score (nSPS) is 11.0. The molecule has 3 aromatic carbocycles. The third kappa shape index (κ3) is 3.54. The molecule has 0 spiro atoms. The number of carbonyl (C=O) groups is 1. The van der Waals surface area contributed by atoms with Crippen LogP contribution in [-0.4, -0.2) is 10.9 Å². The van der Waals surface area contributed by atoms with Crippen LogP contribution in [0.2, 0.25) is 0 Å². The predicted molar refractivity (Wildman–Crippen MR) is 113 cm³/mol. The van der Waals surface area contributed by atoms with Crippen molar-refractivity contribution in [1.82, 2.24) is 4.98 Å². The summed E-state index contributed by atoms with van der Waals surface area (Å²) >= 11 is 0. The first kappa shape index (κ1) is 18.0. The first-order valence-corrected chi connectivity index (χ1v) is 9.27. The number of fused-ring (bicyclic) bond motifs is 1. The van der Waals surface area contributed by atoms with Gasteiger partial charge in [-0.1, -0.05) is 29.3 Å². The Morgan fingerprint density at radius 2 is 1.61 bits per heavy atom. The second kappa shape index (κ2) is 6.97. The summed E-state index contributed by atoms with van der Waals surface area (Å²) in [7, 11) is 0. The minimum atomic E-state index is -0.125. The zero-order valence-electron chi connectivity index (χ0n) is 16.5. The third-order valence-electron chi connectivity index (χ3n) is 4.76. The molecule has 4 aromatic rings. The smallest absolute Gasteiger partial charge is 0.255 e. The summed E-state index contributed by atoms with van der Waals surface area (Å²) in [6, 6.07) is 17.6. The highest BCUT2D eigenvalue weighted by atomic mass is 16.3. The van der Waals surface area contributed by atoms with Gasteiger partial charge < -0.3 is 9.73 Å². The zero-order valence-corrected chi connectivity index (χ0v) is 16.5. The Bertz CT molecular complexity index is 1180. The molecular weight excluding hydrogens is 348 g/mol. The van der Waals surface area contributed by atoms with Gasteiger partial charge in [0.05, 0.1) is 0 Å². The predicted octanol–water partition coefficient (Wildman–Crippen LogP) is 5.98. The van der Waals surface area contributed by atoms with Crippen LogP contribution in [0.5, 0.6) is 0 Å². The largest absolute Gasteiger partial charge is 0.436 e. The highest BCUT2D eigenvalue weighted by Crippen LogP contribution is 2.28. The maximum atomic E-state index is 12.7. The van der Waals surface area contributed by atoms with Crippen LogP contribution in [-0.2, 0) is 0 Å². The summed E-state index contributed by atoms with van der Waals surface area (Å²) < 4.78 is 5.90. The number of anilines is 1. The first-order valence-electron chi connectivity index (χ1n) is 9.27. The number of benzene rings is 3. The molecule has 140 valence electrons. The van der Waals surface area contributed by atoms with Crippen molar-refractivity contribution in [2.45, 2.75) is 27.7 Å². The second-order valence-electron chi connectivity index (χ2n) is 7.35. The molecule has 28 heavy (non-hydrogen) atoms. The van der Waals surface area contributed by atoms with Gasteiger partial charge in [-0.25, -0.2) is 4.98 Å². The molecule has 0 aliphatic carbocycles. The van der Waals surface area contributed by atoms with Crippen LogP contribution in [0.3, 0.4) is 0 Å². The number of amides is 1. The maximum absolute atomic E-state index is 12.7. The quantitative estimate of drug-likeness (QED) is 0.482. The molecule has 0 fully saturated rings. The Morgan fingerprint density at radius 3 is 2.36 bits per heavy atom. The topological polar surface area (TPSA) is 55.1 Å². The van der Waals surface area contributed by atoms with E-state index in [4.69, 9.17) is 4.42 Å². The summed E-state index contributed by atoms with van der Waals surface area (Å²) in [6.07, 6.45) is 0. The SMILES string of the molecule is Cc1cc(C)cc(C(=O)Nc2cc(-c3nc4cc(C)ccc4o3)ccc2C)c1. The number of aryl methyl sites for hydroxylation is 4. The van der Waals surface area contributed by atoms with E-state index in [2.05, 4.69) is 16.4 Å². The van der Waals surface area contributed by atoms with Crippen LogP contribution in [0.15, 0.2) is 59.0 Å². The first-order chi connectivity index (χ1) is 13.4. The fourth-order valence-corrected chi connectivity index (χ4v) is 3.35. The summed E-state index contributed by atoms with van der Waals surface area (Å²) in [5.41, 5.74) is 8.06. The van der Waals surface area contributed by atoms with Crippen molar-refractivity contribution >= 4 is 22.7 Å². The molecular formula is C24H22N2O2. The van der Waals surface area contributed by atoms with Crippen molar-refractivity contribution < 1.29 is 9.21 Å². The highest BCUT2D eigenvalue weighted by Gasteiger charge is 2.13. The Hall–Kier alpha value is -3.40. The minimum Gasteiger partial charge on any atom is -0.436 e. The van der Waals surface area contributed by atoms with Gasteiger partial charge in [-0.2, -0.15) is 0 Å². The van der Waals surface area contributed by atoms with E-state index in [1.54, 1.807) is 0 Å². The molecule has 1 heterocycles. The van der Waals surface area contributed by atoms with Crippen molar-refractivity contribution in [3.05, 3.63) is 82.4 Å². The lowest BCUT2D eigenvalue weighted by molar-refractivity contribution is 0.102. The van der Waals surface area contributed by atoms with E-state index in [0.717, 1.165) is 44.6 Å². The van der Waals surface area contributed by atoms with Gasteiger partial charge in [-0.3, -0.25) is 4.79 Å². The number of nitrogens with one attached hydrogen (secondary N) is 1. The minimum absolute atomic E-state index is 0.125. The number of oxazole rings is 1. The van der Waals surface area contributed by atoms with Gasteiger partial charge in [0.1, 0.15) is 5.52 Å². The van der Waals surface area contributed by atoms with Gasteiger partial charge in [0.2, 0.25) is 5.89 Å². The molecule has 0 radical (unpaired) electrons. The third-order valence-corrected chi connectivity index (χ3v) is 4.76. The fourth-order valence-electron chi connectivity index (χ4n) is 3.35. The number of hydrogen-bond donors (Lipinski definition) is 1. The average Bonchev–Trinajstić information content (AvgIpc) is 3.05. The molecule has 4 heteroatoms. The van der Waals surface area contributed by atoms with Gasteiger partial charge in [0, 0.05) is 16.8 Å². The van der Waals surface area contributed by atoms with Gasteiger partial charge in [0.15, 0.2) is 5.58 Å². The van der Waals surface area contributed by atoms with Crippen molar-refractivity contribution in [2.24, 2.45) is 0 Å². The Morgan fingerprint density at radius 1 is 0.857 bits per heavy atom. The number of carbonyl (C=O) groups excluding carboxylic acids is 1. The summed E-state index contributed by atoms with van der Waals surface area (Å²) in [4.78, 5) is 17.3. The molecule has 4 rings (SSSR count). The van der Waals surface area contributed by atoms with Crippen molar-refractivity contribution in [3.8, 4) is 11.5 Å². The van der Waals surface area contributed by atoms with Crippen molar-refractivity contribution in [1.29, 1.82) is 0 Å². The van der Waals surface area contributed by atoms with Crippen LogP contribution >= 0.6 is 0 Å². The lowest BCUT2D eigenvalue weighted by atomic mass is 10.1. The summed E-state index contributed by atoms with van der Waals surface area (Å²) in [6.45, 7) is 7.98.